The summed E-state index contributed by atoms with van der Waals surface area (Å²) in [5.74, 6) is -0.414. The summed E-state index contributed by atoms with van der Waals surface area (Å²) in [5, 5.41) is 3.43. The van der Waals surface area contributed by atoms with Crippen molar-refractivity contribution in [2.45, 2.75) is 19.8 Å². The van der Waals surface area contributed by atoms with E-state index in [0.717, 1.165) is 13.0 Å². The second kappa shape index (κ2) is 6.61. The van der Waals surface area contributed by atoms with Crippen molar-refractivity contribution in [2.75, 3.05) is 13.1 Å². The van der Waals surface area contributed by atoms with Gasteiger partial charge in [0.25, 0.3) is 0 Å². The van der Waals surface area contributed by atoms with Gasteiger partial charge in [-0.05, 0) is 36.7 Å². The molecule has 16 heavy (non-hydrogen) atoms. The van der Waals surface area contributed by atoms with E-state index < -0.39 is 0 Å². The minimum absolute atomic E-state index is 0.0328. The first-order chi connectivity index (χ1) is 7.63. The van der Waals surface area contributed by atoms with Crippen LogP contribution >= 0.6 is 11.6 Å². The Morgan fingerprint density at radius 1 is 1.50 bits per heavy atom. The predicted octanol–water partition coefficient (Wildman–Crippen LogP) is 2.59. The Bertz CT molecular complexity index is 368. The molecule has 1 N–H and O–H groups in total. The van der Waals surface area contributed by atoms with E-state index in [9.17, 15) is 9.18 Å². The summed E-state index contributed by atoms with van der Waals surface area (Å²) >= 11 is 5.73. The average molecular weight is 244 g/mol. The predicted molar refractivity (Wildman–Crippen MR) is 63.3 cm³/mol. The molecule has 0 aromatic heterocycles. The maximum atomic E-state index is 13.3. The van der Waals surface area contributed by atoms with E-state index in [1.54, 1.807) is 0 Å². The summed E-state index contributed by atoms with van der Waals surface area (Å²) in [5.41, 5.74) is 0.357. The standard InChI is InChI=1S/C12H15ClFNO/c1-2-5-15-8-11(16)7-9-6-10(13)3-4-12(9)14/h3-4,6,15H,2,5,7-8H2,1H3. The van der Waals surface area contributed by atoms with E-state index in [2.05, 4.69) is 5.32 Å². The maximum absolute atomic E-state index is 13.3. The molecule has 0 spiro atoms. The molecular formula is C12H15ClFNO. The first-order valence-electron chi connectivity index (χ1n) is 5.29. The number of nitrogens with one attached hydrogen (secondary N) is 1. The van der Waals surface area contributed by atoms with E-state index in [-0.39, 0.29) is 24.6 Å². The largest absolute Gasteiger partial charge is 0.310 e. The van der Waals surface area contributed by atoms with Gasteiger partial charge in [-0.15, -0.1) is 0 Å². The summed E-state index contributed by atoms with van der Waals surface area (Å²) in [6, 6.07) is 4.25. The highest BCUT2D eigenvalue weighted by atomic mass is 35.5. The van der Waals surface area contributed by atoms with Crippen molar-refractivity contribution in [3.8, 4) is 0 Å². The van der Waals surface area contributed by atoms with Crippen LogP contribution in [0, 0.1) is 5.82 Å². The molecule has 2 nitrogen and oxygen atoms in total. The van der Waals surface area contributed by atoms with Gasteiger partial charge < -0.3 is 5.32 Å². The lowest BCUT2D eigenvalue weighted by Crippen LogP contribution is -2.25. The summed E-state index contributed by atoms with van der Waals surface area (Å²) in [4.78, 5) is 11.5. The van der Waals surface area contributed by atoms with Gasteiger partial charge in [0.2, 0.25) is 0 Å². The second-order valence-electron chi connectivity index (χ2n) is 3.63. The zero-order chi connectivity index (χ0) is 12.0. The third kappa shape index (κ3) is 4.29. The van der Waals surface area contributed by atoms with Crippen molar-refractivity contribution in [1.82, 2.24) is 5.32 Å². The lowest BCUT2D eigenvalue weighted by atomic mass is 10.1. The molecule has 0 fully saturated rings. The Morgan fingerprint density at radius 2 is 2.25 bits per heavy atom. The van der Waals surface area contributed by atoms with Crippen molar-refractivity contribution >= 4 is 17.4 Å². The summed E-state index contributed by atoms with van der Waals surface area (Å²) < 4.78 is 13.3. The van der Waals surface area contributed by atoms with Crippen LogP contribution < -0.4 is 5.32 Å². The monoisotopic (exact) mass is 243 g/mol. The molecule has 0 atom stereocenters. The molecule has 0 saturated carbocycles. The lowest BCUT2D eigenvalue weighted by Gasteiger charge is -2.04. The fraction of sp³-hybridized carbons (Fsp3) is 0.417. The highest BCUT2D eigenvalue weighted by Crippen LogP contribution is 2.15. The Kier molecular flexibility index (Phi) is 5.43. The first kappa shape index (κ1) is 13.1. The van der Waals surface area contributed by atoms with E-state index in [4.69, 9.17) is 11.6 Å². The molecule has 88 valence electrons. The molecule has 0 saturated heterocycles. The molecule has 0 heterocycles. The number of hydrogen-bond donors (Lipinski definition) is 1. The number of ketones is 1. The van der Waals surface area contributed by atoms with Gasteiger partial charge in [-0.2, -0.15) is 0 Å². The Morgan fingerprint density at radius 3 is 2.94 bits per heavy atom. The molecule has 0 radical (unpaired) electrons. The van der Waals surface area contributed by atoms with Crippen molar-refractivity contribution < 1.29 is 9.18 Å². The van der Waals surface area contributed by atoms with Crippen LogP contribution in [0.3, 0.4) is 0 Å². The number of carbonyl (C=O) groups excluding carboxylic acids is 1. The van der Waals surface area contributed by atoms with Crippen LogP contribution in [0.15, 0.2) is 18.2 Å². The Labute approximate surface area is 99.8 Å². The topological polar surface area (TPSA) is 29.1 Å². The van der Waals surface area contributed by atoms with E-state index in [1.165, 1.54) is 18.2 Å². The zero-order valence-corrected chi connectivity index (χ0v) is 9.98. The third-order valence-corrected chi connectivity index (χ3v) is 2.38. The van der Waals surface area contributed by atoms with Gasteiger partial charge in [0.1, 0.15) is 5.82 Å². The van der Waals surface area contributed by atoms with E-state index in [1.807, 2.05) is 6.92 Å². The molecule has 4 heteroatoms. The minimum atomic E-state index is -0.381. The van der Waals surface area contributed by atoms with Gasteiger partial charge in [0.05, 0.1) is 6.54 Å². The Balaban J connectivity index is 2.52. The fourth-order valence-electron chi connectivity index (χ4n) is 1.36. The highest BCUT2D eigenvalue weighted by Gasteiger charge is 2.08. The van der Waals surface area contributed by atoms with Crippen LogP contribution in [-0.4, -0.2) is 18.9 Å². The fourth-order valence-corrected chi connectivity index (χ4v) is 1.55. The SMILES string of the molecule is CCCNCC(=O)Cc1cc(Cl)ccc1F. The minimum Gasteiger partial charge on any atom is -0.310 e. The van der Waals surface area contributed by atoms with Crippen molar-refractivity contribution in [1.29, 1.82) is 0 Å². The Hall–Kier alpha value is -0.930. The number of rotatable bonds is 6. The van der Waals surface area contributed by atoms with E-state index >= 15 is 0 Å². The smallest absolute Gasteiger partial charge is 0.151 e. The van der Waals surface area contributed by atoms with Crippen LogP contribution in [0.4, 0.5) is 4.39 Å². The number of benzene rings is 1. The van der Waals surface area contributed by atoms with Crippen LogP contribution in [0.1, 0.15) is 18.9 Å². The molecule has 0 aliphatic heterocycles. The van der Waals surface area contributed by atoms with Crippen LogP contribution in [-0.2, 0) is 11.2 Å². The quantitative estimate of drug-likeness (QED) is 0.779. The molecule has 0 amide bonds. The van der Waals surface area contributed by atoms with Gasteiger partial charge in [-0.25, -0.2) is 4.39 Å². The second-order valence-corrected chi connectivity index (χ2v) is 4.06. The maximum Gasteiger partial charge on any atom is 0.151 e. The highest BCUT2D eigenvalue weighted by molar-refractivity contribution is 6.30. The van der Waals surface area contributed by atoms with Crippen LogP contribution in [0.25, 0.3) is 0 Å². The normalized spacial score (nSPS) is 10.4. The summed E-state index contributed by atoms with van der Waals surface area (Å²) in [6.07, 6.45) is 1.06. The molecule has 0 aliphatic rings. The number of hydrogen-bond acceptors (Lipinski definition) is 2. The van der Waals surface area contributed by atoms with E-state index in [0.29, 0.717) is 10.6 Å². The van der Waals surface area contributed by atoms with Crippen LogP contribution in [0.5, 0.6) is 0 Å². The van der Waals surface area contributed by atoms with Gasteiger partial charge in [-0.1, -0.05) is 18.5 Å². The van der Waals surface area contributed by atoms with Gasteiger partial charge in [0, 0.05) is 11.4 Å². The van der Waals surface area contributed by atoms with Gasteiger partial charge in [0.15, 0.2) is 5.78 Å². The molecular weight excluding hydrogens is 229 g/mol. The molecule has 0 unspecified atom stereocenters. The number of carbonyl (C=O) groups is 1. The molecule has 0 aliphatic carbocycles. The molecule has 0 bridgehead atoms. The third-order valence-electron chi connectivity index (χ3n) is 2.14. The lowest BCUT2D eigenvalue weighted by molar-refractivity contribution is -0.117. The zero-order valence-electron chi connectivity index (χ0n) is 9.22. The van der Waals surface area contributed by atoms with Gasteiger partial charge in [-0.3, -0.25) is 4.79 Å². The summed E-state index contributed by atoms with van der Waals surface area (Å²) in [7, 11) is 0. The van der Waals surface area contributed by atoms with Crippen molar-refractivity contribution in [2.24, 2.45) is 0 Å². The van der Waals surface area contributed by atoms with Gasteiger partial charge >= 0.3 is 0 Å². The first-order valence-corrected chi connectivity index (χ1v) is 5.67. The average Bonchev–Trinajstić information content (AvgIpc) is 2.24. The molecule has 1 rings (SSSR count). The summed E-state index contributed by atoms with van der Waals surface area (Å²) in [6.45, 7) is 3.09. The van der Waals surface area contributed by atoms with Crippen LogP contribution in [0.2, 0.25) is 5.02 Å². The molecule has 1 aromatic carbocycles. The molecule has 1 aromatic rings. The van der Waals surface area contributed by atoms with Crippen molar-refractivity contribution in [3.63, 3.8) is 0 Å². The van der Waals surface area contributed by atoms with Crippen molar-refractivity contribution in [3.05, 3.63) is 34.6 Å². The number of halogens is 2. The number of Topliss-reactive ketones (excluding diaryl/α,β-unsaturated/α-hetero) is 1.